The summed E-state index contributed by atoms with van der Waals surface area (Å²) in [6, 6.07) is 4.74. The molecular formula is C15H27N3. The lowest BCUT2D eigenvalue weighted by Gasteiger charge is -2.28. The number of hydrogen-bond donors (Lipinski definition) is 1. The van der Waals surface area contributed by atoms with Gasteiger partial charge in [0.15, 0.2) is 0 Å². The van der Waals surface area contributed by atoms with Crippen LogP contribution in [-0.2, 0) is 0 Å². The zero-order valence-corrected chi connectivity index (χ0v) is 12.4. The van der Waals surface area contributed by atoms with E-state index in [-0.39, 0.29) is 6.04 Å². The maximum atomic E-state index is 5.97. The van der Waals surface area contributed by atoms with Crippen LogP contribution in [-0.4, -0.2) is 18.1 Å². The summed E-state index contributed by atoms with van der Waals surface area (Å²) in [6.07, 6.45) is 4.04. The van der Waals surface area contributed by atoms with Crippen molar-refractivity contribution in [1.82, 2.24) is 4.98 Å². The van der Waals surface area contributed by atoms with Crippen molar-refractivity contribution in [2.75, 3.05) is 11.9 Å². The van der Waals surface area contributed by atoms with Crippen molar-refractivity contribution in [2.24, 2.45) is 11.7 Å². The fraction of sp³-hybridized carbons (Fsp3) is 0.667. The average Bonchev–Trinajstić information content (AvgIpc) is 2.36. The van der Waals surface area contributed by atoms with Crippen molar-refractivity contribution < 1.29 is 0 Å². The fourth-order valence-corrected chi connectivity index (χ4v) is 2.13. The van der Waals surface area contributed by atoms with Gasteiger partial charge in [0.05, 0.1) is 17.6 Å². The minimum Gasteiger partial charge on any atom is -0.371 e. The summed E-state index contributed by atoms with van der Waals surface area (Å²) in [5, 5.41) is 0. The van der Waals surface area contributed by atoms with Gasteiger partial charge in [0.25, 0.3) is 0 Å². The number of nitrogens with two attached hydrogens (primary N) is 1. The van der Waals surface area contributed by atoms with Crippen LogP contribution in [0.5, 0.6) is 0 Å². The Morgan fingerprint density at radius 2 is 1.94 bits per heavy atom. The molecule has 0 aliphatic carbocycles. The fourth-order valence-electron chi connectivity index (χ4n) is 2.13. The van der Waals surface area contributed by atoms with Gasteiger partial charge < -0.3 is 10.6 Å². The maximum absolute atomic E-state index is 5.97. The smallest absolute Gasteiger partial charge is 0.0572 e. The summed E-state index contributed by atoms with van der Waals surface area (Å²) in [7, 11) is 2.13. The summed E-state index contributed by atoms with van der Waals surface area (Å²) >= 11 is 0. The molecule has 0 saturated carbocycles. The molecule has 1 rings (SSSR count). The van der Waals surface area contributed by atoms with Crippen molar-refractivity contribution >= 4 is 5.69 Å². The normalized spacial score (nSPS) is 14.6. The Balaban J connectivity index is 2.72. The van der Waals surface area contributed by atoms with E-state index in [1.54, 1.807) is 0 Å². The van der Waals surface area contributed by atoms with Crippen molar-refractivity contribution in [2.45, 2.75) is 52.6 Å². The molecule has 0 spiro atoms. The highest BCUT2D eigenvalue weighted by Gasteiger charge is 2.12. The predicted molar refractivity (Wildman–Crippen MR) is 78.8 cm³/mol. The van der Waals surface area contributed by atoms with E-state index in [1.165, 1.54) is 6.42 Å². The first kappa shape index (κ1) is 15.0. The Kier molecular flexibility index (Phi) is 5.60. The third-order valence-corrected chi connectivity index (χ3v) is 3.47. The lowest BCUT2D eigenvalue weighted by Crippen LogP contribution is -2.30. The largest absolute Gasteiger partial charge is 0.371 e. The van der Waals surface area contributed by atoms with E-state index in [0.29, 0.717) is 12.0 Å². The SMILES string of the molecule is CC[C@H](N)c1ccc(N(C)C(C)CC(C)C)cn1. The second-order valence-electron chi connectivity index (χ2n) is 5.55. The molecule has 3 nitrogen and oxygen atoms in total. The summed E-state index contributed by atoms with van der Waals surface area (Å²) in [6.45, 7) is 8.85. The summed E-state index contributed by atoms with van der Waals surface area (Å²) in [4.78, 5) is 6.75. The van der Waals surface area contributed by atoms with Gasteiger partial charge in [0.2, 0.25) is 0 Å². The second kappa shape index (κ2) is 6.74. The molecule has 0 radical (unpaired) electrons. The number of hydrogen-bond acceptors (Lipinski definition) is 3. The molecule has 0 aliphatic rings. The number of aromatic nitrogens is 1. The lowest BCUT2D eigenvalue weighted by molar-refractivity contribution is 0.504. The van der Waals surface area contributed by atoms with Gasteiger partial charge in [-0.05, 0) is 37.8 Å². The van der Waals surface area contributed by atoms with Crippen molar-refractivity contribution in [1.29, 1.82) is 0 Å². The Morgan fingerprint density at radius 1 is 1.28 bits per heavy atom. The van der Waals surface area contributed by atoms with Gasteiger partial charge in [0.1, 0.15) is 0 Å². The van der Waals surface area contributed by atoms with Crippen LogP contribution in [0.1, 0.15) is 52.3 Å². The molecule has 1 aromatic heterocycles. The third-order valence-electron chi connectivity index (χ3n) is 3.47. The van der Waals surface area contributed by atoms with Gasteiger partial charge in [-0.2, -0.15) is 0 Å². The second-order valence-corrected chi connectivity index (χ2v) is 5.55. The average molecular weight is 249 g/mol. The van der Waals surface area contributed by atoms with Crippen LogP contribution in [0.2, 0.25) is 0 Å². The highest BCUT2D eigenvalue weighted by molar-refractivity contribution is 5.44. The van der Waals surface area contributed by atoms with Gasteiger partial charge in [-0.3, -0.25) is 4.98 Å². The first-order valence-electron chi connectivity index (χ1n) is 6.90. The van der Waals surface area contributed by atoms with Crippen LogP contribution in [0, 0.1) is 5.92 Å². The standard InChI is InChI=1S/C15H27N3/c1-6-14(16)15-8-7-13(10-17-15)18(5)12(4)9-11(2)3/h7-8,10-12,14H,6,9,16H2,1-5H3/t12?,14-/m0/s1. The first-order valence-corrected chi connectivity index (χ1v) is 6.90. The molecule has 2 atom stereocenters. The molecule has 1 aromatic rings. The quantitative estimate of drug-likeness (QED) is 0.840. The van der Waals surface area contributed by atoms with Crippen molar-refractivity contribution in [3.63, 3.8) is 0 Å². The van der Waals surface area contributed by atoms with Crippen LogP contribution in [0.25, 0.3) is 0 Å². The van der Waals surface area contributed by atoms with E-state index >= 15 is 0 Å². The highest BCUT2D eigenvalue weighted by Crippen LogP contribution is 2.20. The molecular weight excluding hydrogens is 222 g/mol. The molecule has 1 unspecified atom stereocenters. The van der Waals surface area contributed by atoms with E-state index < -0.39 is 0 Å². The van der Waals surface area contributed by atoms with Crippen molar-refractivity contribution in [3.8, 4) is 0 Å². The molecule has 2 N–H and O–H groups in total. The van der Waals surface area contributed by atoms with Gasteiger partial charge >= 0.3 is 0 Å². The molecule has 0 aromatic carbocycles. The van der Waals surface area contributed by atoms with Gasteiger partial charge in [0, 0.05) is 19.1 Å². The van der Waals surface area contributed by atoms with Gasteiger partial charge in [-0.15, -0.1) is 0 Å². The molecule has 0 aliphatic heterocycles. The number of pyridine rings is 1. The van der Waals surface area contributed by atoms with E-state index in [2.05, 4.69) is 50.7 Å². The number of nitrogens with zero attached hydrogens (tertiary/aromatic N) is 2. The van der Waals surface area contributed by atoms with Crippen LogP contribution in [0.4, 0.5) is 5.69 Å². The van der Waals surface area contributed by atoms with Gasteiger partial charge in [-0.1, -0.05) is 20.8 Å². The molecule has 0 amide bonds. The lowest BCUT2D eigenvalue weighted by atomic mass is 10.0. The monoisotopic (exact) mass is 249 g/mol. The Morgan fingerprint density at radius 3 is 2.39 bits per heavy atom. The first-order chi connectivity index (χ1) is 8.45. The van der Waals surface area contributed by atoms with E-state index in [1.807, 2.05) is 12.3 Å². The van der Waals surface area contributed by atoms with E-state index in [0.717, 1.165) is 17.8 Å². The molecule has 3 heteroatoms. The number of anilines is 1. The van der Waals surface area contributed by atoms with Crippen LogP contribution < -0.4 is 10.6 Å². The number of rotatable bonds is 6. The van der Waals surface area contributed by atoms with Crippen molar-refractivity contribution in [3.05, 3.63) is 24.0 Å². The molecule has 0 bridgehead atoms. The maximum Gasteiger partial charge on any atom is 0.0572 e. The van der Waals surface area contributed by atoms with E-state index in [4.69, 9.17) is 5.73 Å². The topological polar surface area (TPSA) is 42.1 Å². The van der Waals surface area contributed by atoms with Crippen LogP contribution >= 0.6 is 0 Å². The molecule has 102 valence electrons. The zero-order valence-electron chi connectivity index (χ0n) is 12.4. The molecule has 18 heavy (non-hydrogen) atoms. The highest BCUT2D eigenvalue weighted by atomic mass is 15.1. The van der Waals surface area contributed by atoms with E-state index in [9.17, 15) is 0 Å². The molecule has 1 heterocycles. The minimum absolute atomic E-state index is 0.0532. The Labute approximate surface area is 111 Å². The molecule has 0 fully saturated rings. The minimum atomic E-state index is 0.0532. The van der Waals surface area contributed by atoms with Crippen LogP contribution in [0.15, 0.2) is 18.3 Å². The zero-order chi connectivity index (χ0) is 13.7. The Bertz CT molecular complexity index is 345. The van der Waals surface area contributed by atoms with Gasteiger partial charge in [-0.25, -0.2) is 0 Å². The summed E-state index contributed by atoms with van der Waals surface area (Å²) in [5.74, 6) is 0.711. The summed E-state index contributed by atoms with van der Waals surface area (Å²) < 4.78 is 0. The summed E-state index contributed by atoms with van der Waals surface area (Å²) in [5.41, 5.74) is 8.11. The predicted octanol–water partition coefficient (Wildman–Crippen LogP) is 3.36. The Hall–Kier alpha value is -1.09. The third kappa shape index (κ3) is 3.98. The van der Waals surface area contributed by atoms with Crippen LogP contribution in [0.3, 0.4) is 0 Å². The molecule has 0 saturated heterocycles.